The van der Waals surface area contributed by atoms with Gasteiger partial charge in [0.1, 0.15) is 12.1 Å². The van der Waals surface area contributed by atoms with Crippen LogP contribution in [0, 0.1) is 5.92 Å². The van der Waals surface area contributed by atoms with Gasteiger partial charge in [-0.1, -0.05) is 80.1 Å². The average molecular weight is 874 g/mol. The van der Waals surface area contributed by atoms with Crippen LogP contribution >= 0.6 is 0 Å². The van der Waals surface area contributed by atoms with E-state index in [-0.39, 0.29) is 79.8 Å². The lowest BCUT2D eigenvalue weighted by molar-refractivity contribution is -0.147. The lowest BCUT2D eigenvalue weighted by Gasteiger charge is -2.38. The summed E-state index contributed by atoms with van der Waals surface area (Å²) in [5.74, 6) is -3.05. The van der Waals surface area contributed by atoms with Gasteiger partial charge in [0.2, 0.25) is 35.4 Å². The number of hydrogen-bond acceptors (Lipinski definition) is 8. The molecule has 0 bridgehead atoms. The number of hydrogen-bond donors (Lipinski definition) is 3. The Morgan fingerprint density at radius 2 is 1.53 bits per heavy atom. The molecule has 4 heterocycles. The van der Waals surface area contributed by atoms with Crippen LogP contribution in [0.4, 0.5) is 0 Å². The first-order valence-corrected chi connectivity index (χ1v) is 22.7. The van der Waals surface area contributed by atoms with Gasteiger partial charge >= 0.3 is 5.69 Å². The number of unbranched alkanes of at least 4 members (excludes halogenated alkanes) is 2. The summed E-state index contributed by atoms with van der Waals surface area (Å²) >= 11 is 0. The predicted octanol–water partition coefficient (Wildman–Crippen LogP) is 4.19. The van der Waals surface area contributed by atoms with E-state index >= 15 is 0 Å². The minimum absolute atomic E-state index is 0.00767. The maximum absolute atomic E-state index is 14.1. The van der Waals surface area contributed by atoms with Crippen molar-refractivity contribution in [1.29, 1.82) is 0 Å². The number of rotatable bonds is 17. The van der Waals surface area contributed by atoms with E-state index in [2.05, 4.69) is 10.6 Å². The molecule has 0 saturated carbocycles. The molecule has 5 atom stereocenters. The molecule has 338 valence electrons. The highest BCUT2D eigenvalue weighted by molar-refractivity contribution is 6.00. The van der Waals surface area contributed by atoms with Gasteiger partial charge in [0.05, 0.1) is 23.0 Å². The third-order valence-electron chi connectivity index (χ3n) is 13.3. The Morgan fingerprint density at radius 3 is 2.20 bits per heavy atom. The summed E-state index contributed by atoms with van der Waals surface area (Å²) in [6, 6.07) is 22.4. The van der Waals surface area contributed by atoms with Crippen molar-refractivity contribution in [3.8, 4) is 0 Å². The second-order valence-electron chi connectivity index (χ2n) is 17.7. The summed E-state index contributed by atoms with van der Waals surface area (Å²) in [6.45, 7) is 2.49. The summed E-state index contributed by atoms with van der Waals surface area (Å²) in [5.41, 5.74) is 9.49. The van der Waals surface area contributed by atoms with E-state index in [1.54, 1.807) is 23.8 Å². The fourth-order valence-electron chi connectivity index (χ4n) is 9.79. The number of Topliss-reactive ketones (excluding diaryl/α,β-unsaturated/α-hetero) is 1. The molecule has 0 aliphatic carbocycles. The first-order valence-electron chi connectivity index (χ1n) is 22.7. The largest absolute Gasteiger partial charge is 0.370 e. The number of nitrogens with one attached hydrogen (secondary N) is 2. The number of ketones is 1. The molecule has 0 spiro atoms. The molecule has 4 N–H and O–H groups in total. The number of aryl methyl sites for hydroxylation is 2. The minimum Gasteiger partial charge on any atom is -0.370 e. The second kappa shape index (κ2) is 20.4. The molecule has 7 rings (SSSR count). The average Bonchev–Trinajstić information content (AvgIpc) is 3.82. The van der Waals surface area contributed by atoms with E-state index in [1.165, 1.54) is 9.13 Å². The van der Waals surface area contributed by atoms with E-state index in [0.717, 1.165) is 36.0 Å². The maximum Gasteiger partial charge on any atom is 0.329 e. The van der Waals surface area contributed by atoms with E-state index in [1.807, 2.05) is 78.9 Å². The van der Waals surface area contributed by atoms with Crippen LogP contribution in [0.15, 0.2) is 83.7 Å². The third kappa shape index (κ3) is 10.3. The molecule has 15 heteroatoms. The van der Waals surface area contributed by atoms with Gasteiger partial charge in [-0.3, -0.25) is 48.0 Å². The predicted molar refractivity (Wildman–Crippen MR) is 239 cm³/mol. The van der Waals surface area contributed by atoms with Crippen molar-refractivity contribution in [2.45, 2.75) is 120 Å². The fourth-order valence-corrected chi connectivity index (χ4v) is 9.79. The van der Waals surface area contributed by atoms with Crippen LogP contribution in [0.3, 0.4) is 0 Å². The number of carbonyl (C=O) groups excluding carboxylic acids is 7. The maximum atomic E-state index is 14.1. The molecule has 0 radical (unpaired) electrons. The van der Waals surface area contributed by atoms with Gasteiger partial charge in [0, 0.05) is 57.8 Å². The van der Waals surface area contributed by atoms with Gasteiger partial charge in [-0.25, -0.2) is 4.79 Å². The number of benzene rings is 3. The number of carbonyl (C=O) groups is 7. The van der Waals surface area contributed by atoms with E-state index in [0.29, 0.717) is 49.7 Å². The van der Waals surface area contributed by atoms with Crippen LogP contribution in [0.5, 0.6) is 0 Å². The van der Waals surface area contributed by atoms with Gasteiger partial charge in [-0.05, 0) is 80.2 Å². The summed E-state index contributed by atoms with van der Waals surface area (Å²) in [6.07, 6.45) is 5.44. The van der Waals surface area contributed by atoms with Crippen LogP contribution in [0.25, 0.3) is 11.0 Å². The molecule has 3 aliphatic heterocycles. The molecule has 3 saturated heterocycles. The van der Waals surface area contributed by atoms with Crippen molar-refractivity contribution in [3.63, 3.8) is 0 Å². The lowest BCUT2D eigenvalue weighted by atomic mass is 9.85. The Labute approximate surface area is 372 Å². The molecule has 15 nitrogen and oxygen atoms in total. The van der Waals surface area contributed by atoms with Crippen LogP contribution < -0.4 is 22.1 Å². The van der Waals surface area contributed by atoms with Crippen LogP contribution in [0.1, 0.15) is 113 Å². The Kier molecular flexibility index (Phi) is 14.6. The highest BCUT2D eigenvalue weighted by Crippen LogP contribution is 2.33. The highest BCUT2D eigenvalue weighted by Gasteiger charge is 2.44. The first-order chi connectivity index (χ1) is 30.8. The van der Waals surface area contributed by atoms with Crippen molar-refractivity contribution in [2.24, 2.45) is 18.7 Å². The number of fused-ring (bicyclic) bond motifs is 2. The van der Waals surface area contributed by atoms with Crippen LogP contribution in [0.2, 0.25) is 0 Å². The lowest BCUT2D eigenvalue weighted by Crippen LogP contribution is -2.56. The molecule has 4 aromatic rings. The zero-order chi connectivity index (χ0) is 45.5. The van der Waals surface area contributed by atoms with Gasteiger partial charge in [0.15, 0.2) is 5.78 Å². The van der Waals surface area contributed by atoms with E-state index < -0.39 is 41.8 Å². The number of amides is 6. The number of aromatic nitrogens is 2. The number of imidazole rings is 1. The van der Waals surface area contributed by atoms with Crippen LogP contribution in [-0.4, -0.2) is 91.4 Å². The first kappa shape index (κ1) is 45.6. The zero-order valence-electron chi connectivity index (χ0n) is 36.7. The molecular weight excluding hydrogens is 815 g/mol. The van der Waals surface area contributed by atoms with Gasteiger partial charge in [-0.2, -0.15) is 0 Å². The van der Waals surface area contributed by atoms with Gasteiger partial charge in [-0.15, -0.1) is 0 Å². The summed E-state index contributed by atoms with van der Waals surface area (Å²) in [5, 5.41) is 5.27. The van der Waals surface area contributed by atoms with Crippen molar-refractivity contribution in [1.82, 2.24) is 29.6 Å². The topological polar surface area (TPSA) is 203 Å². The molecule has 64 heavy (non-hydrogen) atoms. The number of imide groups is 1. The molecule has 3 fully saturated rings. The number of nitrogens with zero attached hydrogens (tertiary/aromatic N) is 4. The number of primary amides is 1. The summed E-state index contributed by atoms with van der Waals surface area (Å²) in [7, 11) is 1.67. The van der Waals surface area contributed by atoms with Crippen molar-refractivity contribution in [2.75, 3.05) is 13.1 Å². The smallest absolute Gasteiger partial charge is 0.329 e. The second-order valence-corrected chi connectivity index (χ2v) is 17.7. The standard InChI is InChI=1S/C49H59N7O8/c1-31-30-54(45(60)17-11-3-6-12-32-18-21-38-41(28-32)53(2)49(64)56(38)40-23-25-44(59)52-47(40)62)27-26-35-19-22-39(55(35)48(31)63)46(61)51-37(20-24-43(50)58)42(57)29-36(33-13-7-4-8-14-33)34-15-9-5-10-16-34/h4-5,7-10,13-16,18,21,28,31,35-37,39-40H,3,6,11-12,17,19-20,22-27,29-30H2,1-2H3,(H2,50,58)(H,51,61)(H,52,59,62)/t31-,35+,37-,39-,40?/m0/s1. The van der Waals surface area contributed by atoms with Gasteiger partial charge in [0.25, 0.3) is 0 Å². The SMILES string of the molecule is C[C@H]1CN(C(=O)CCCCCc2ccc3c(c2)n(C)c(=O)n3C2CCC(=O)NC2=O)CC[C@H]2CC[C@@H](C(=O)N[C@@H](CCC(N)=O)C(=O)CC(c3ccccc3)c3ccccc3)N2C1=O. The van der Waals surface area contributed by atoms with Crippen molar-refractivity contribution >= 4 is 52.3 Å². The molecule has 3 aliphatic rings. The Morgan fingerprint density at radius 1 is 0.828 bits per heavy atom. The van der Waals surface area contributed by atoms with E-state index in [9.17, 15) is 38.4 Å². The third-order valence-corrected chi connectivity index (χ3v) is 13.3. The monoisotopic (exact) mass is 873 g/mol. The number of nitrogens with two attached hydrogens (primary N) is 1. The van der Waals surface area contributed by atoms with Crippen molar-refractivity contribution in [3.05, 3.63) is 106 Å². The molecule has 1 aromatic heterocycles. The van der Waals surface area contributed by atoms with Crippen molar-refractivity contribution < 1.29 is 33.6 Å². The molecular formula is C49H59N7O8. The molecule has 6 amide bonds. The highest BCUT2D eigenvalue weighted by atomic mass is 16.2. The van der Waals surface area contributed by atoms with E-state index in [4.69, 9.17) is 5.73 Å². The van der Waals surface area contributed by atoms with Crippen LogP contribution in [-0.2, 0) is 47.0 Å². The Bertz CT molecular complexity index is 2410. The quantitative estimate of drug-likeness (QED) is 0.104. The minimum atomic E-state index is -0.969. The zero-order valence-corrected chi connectivity index (χ0v) is 36.7. The molecule has 1 unspecified atom stereocenters. The Balaban J connectivity index is 0.917. The molecule has 3 aromatic carbocycles. The Hall–Kier alpha value is -6.38. The normalized spacial score (nSPS) is 20.7. The van der Waals surface area contributed by atoms with Gasteiger partial charge < -0.3 is 20.9 Å². The number of piperidine rings is 1. The summed E-state index contributed by atoms with van der Waals surface area (Å²) < 4.78 is 3.00. The fraction of sp³-hybridized carbons (Fsp3) is 0.469. The summed E-state index contributed by atoms with van der Waals surface area (Å²) in [4.78, 5) is 108.